The molecule has 1 amide bonds. The molecule has 5 heteroatoms. The van der Waals surface area contributed by atoms with Crippen LogP contribution >= 0.6 is 0 Å². The van der Waals surface area contributed by atoms with Crippen LogP contribution in [0.1, 0.15) is 21.5 Å². The van der Waals surface area contributed by atoms with Gasteiger partial charge in [0.25, 0.3) is 5.91 Å². The summed E-state index contributed by atoms with van der Waals surface area (Å²) in [4.78, 5) is 11.8. The molecule has 104 valence electrons. The number of carbonyl (C=O) groups is 1. The first-order valence-electron chi connectivity index (χ1n) is 5.96. The number of carbonyl (C=O) groups excluding carboxylic acids is 1. The first-order chi connectivity index (χ1) is 9.47. The molecule has 0 fully saturated rings. The van der Waals surface area contributed by atoms with Crippen molar-refractivity contribution in [3.05, 3.63) is 71.3 Å². The molecule has 20 heavy (non-hydrogen) atoms. The molecule has 0 spiro atoms. The highest BCUT2D eigenvalue weighted by Gasteiger charge is 2.29. The van der Waals surface area contributed by atoms with Gasteiger partial charge in [-0.1, -0.05) is 30.3 Å². The van der Waals surface area contributed by atoms with Crippen molar-refractivity contribution in [3.63, 3.8) is 0 Å². The summed E-state index contributed by atoms with van der Waals surface area (Å²) in [6, 6.07) is 13.3. The van der Waals surface area contributed by atoms with Crippen molar-refractivity contribution >= 4 is 5.91 Å². The lowest BCUT2D eigenvalue weighted by molar-refractivity contribution is -0.137. The topological polar surface area (TPSA) is 29.1 Å². The van der Waals surface area contributed by atoms with Crippen LogP contribution in [-0.4, -0.2) is 5.91 Å². The molecule has 0 aliphatic rings. The molecule has 0 radical (unpaired) electrons. The van der Waals surface area contributed by atoms with E-state index in [-0.39, 0.29) is 12.5 Å². The Morgan fingerprint density at radius 3 is 2.10 bits per heavy atom. The van der Waals surface area contributed by atoms with Crippen LogP contribution < -0.4 is 5.32 Å². The van der Waals surface area contributed by atoms with Gasteiger partial charge in [0.15, 0.2) is 0 Å². The van der Waals surface area contributed by atoms with Crippen molar-refractivity contribution < 1.29 is 18.0 Å². The maximum Gasteiger partial charge on any atom is 0.416 e. The molecule has 0 saturated carbocycles. The zero-order valence-electron chi connectivity index (χ0n) is 10.4. The highest BCUT2D eigenvalue weighted by molar-refractivity contribution is 5.94. The molecule has 0 bridgehead atoms. The Morgan fingerprint density at radius 1 is 0.950 bits per heavy atom. The Balaban J connectivity index is 1.96. The summed E-state index contributed by atoms with van der Waals surface area (Å²) in [5, 5.41) is 2.65. The van der Waals surface area contributed by atoms with E-state index in [1.807, 2.05) is 0 Å². The molecule has 2 nitrogen and oxygen atoms in total. The standard InChI is InChI=1S/C15H12F3NO/c16-15(17,18)13-8-6-11(7-9-13)10-19-14(20)12-4-2-1-3-5-12/h1-9H,10H2,(H,19,20). The van der Waals surface area contributed by atoms with Crippen LogP contribution in [-0.2, 0) is 12.7 Å². The number of alkyl halides is 3. The predicted molar refractivity (Wildman–Crippen MR) is 69.1 cm³/mol. The van der Waals surface area contributed by atoms with E-state index < -0.39 is 11.7 Å². The van der Waals surface area contributed by atoms with Gasteiger partial charge in [-0.25, -0.2) is 0 Å². The normalized spacial score (nSPS) is 11.2. The average Bonchev–Trinajstić information content (AvgIpc) is 2.45. The van der Waals surface area contributed by atoms with Gasteiger partial charge in [-0.05, 0) is 29.8 Å². The van der Waals surface area contributed by atoms with E-state index in [1.165, 1.54) is 12.1 Å². The number of hydrogen-bond donors (Lipinski definition) is 1. The third-order valence-corrected chi connectivity index (χ3v) is 2.77. The monoisotopic (exact) mass is 279 g/mol. The molecule has 2 aromatic carbocycles. The summed E-state index contributed by atoms with van der Waals surface area (Å²) < 4.78 is 37.2. The van der Waals surface area contributed by atoms with Crippen LogP contribution in [0.3, 0.4) is 0 Å². The highest BCUT2D eigenvalue weighted by atomic mass is 19.4. The SMILES string of the molecule is O=C(NCc1ccc(C(F)(F)F)cc1)c1ccccc1. The van der Waals surface area contributed by atoms with Crippen molar-refractivity contribution in [2.45, 2.75) is 12.7 Å². The van der Waals surface area contributed by atoms with Crippen LogP contribution in [0, 0.1) is 0 Å². The quantitative estimate of drug-likeness (QED) is 0.913. The molecule has 0 atom stereocenters. The van der Waals surface area contributed by atoms with Crippen LogP contribution in [0.2, 0.25) is 0 Å². The molecule has 0 saturated heterocycles. The third kappa shape index (κ3) is 3.60. The average molecular weight is 279 g/mol. The van der Waals surface area contributed by atoms with Crippen molar-refractivity contribution in [1.82, 2.24) is 5.32 Å². The van der Waals surface area contributed by atoms with Gasteiger partial charge in [-0.2, -0.15) is 13.2 Å². The van der Waals surface area contributed by atoms with Crippen LogP contribution in [0.25, 0.3) is 0 Å². The van der Waals surface area contributed by atoms with Crippen molar-refractivity contribution in [2.75, 3.05) is 0 Å². The molecule has 0 aliphatic carbocycles. The molecule has 1 N–H and O–H groups in total. The Hall–Kier alpha value is -2.30. The molecule has 0 unspecified atom stereocenters. The minimum Gasteiger partial charge on any atom is -0.348 e. The van der Waals surface area contributed by atoms with Gasteiger partial charge in [-0.3, -0.25) is 4.79 Å². The third-order valence-electron chi connectivity index (χ3n) is 2.77. The summed E-state index contributed by atoms with van der Waals surface area (Å²) in [6.45, 7) is 0.186. The second kappa shape index (κ2) is 5.77. The summed E-state index contributed by atoms with van der Waals surface area (Å²) in [6.07, 6.45) is -4.34. The molecular formula is C15H12F3NO. The van der Waals surface area contributed by atoms with E-state index in [2.05, 4.69) is 5.32 Å². The molecular weight excluding hydrogens is 267 g/mol. The van der Waals surface area contributed by atoms with Gasteiger partial charge in [0.1, 0.15) is 0 Å². The molecule has 0 heterocycles. The van der Waals surface area contributed by atoms with Gasteiger partial charge in [-0.15, -0.1) is 0 Å². The largest absolute Gasteiger partial charge is 0.416 e. The predicted octanol–water partition coefficient (Wildman–Crippen LogP) is 3.64. The van der Waals surface area contributed by atoms with Crippen LogP contribution in [0.15, 0.2) is 54.6 Å². The first kappa shape index (κ1) is 14.1. The van der Waals surface area contributed by atoms with Crippen molar-refractivity contribution in [3.8, 4) is 0 Å². The number of nitrogens with one attached hydrogen (secondary N) is 1. The lowest BCUT2D eigenvalue weighted by Crippen LogP contribution is -2.22. The second-order valence-corrected chi connectivity index (χ2v) is 4.24. The number of halogens is 3. The highest BCUT2D eigenvalue weighted by Crippen LogP contribution is 2.29. The Bertz CT molecular complexity index is 576. The maximum absolute atomic E-state index is 12.4. The number of amides is 1. The Labute approximate surface area is 114 Å². The summed E-state index contributed by atoms with van der Waals surface area (Å²) in [5.41, 5.74) is 0.428. The van der Waals surface area contributed by atoms with Crippen molar-refractivity contribution in [1.29, 1.82) is 0 Å². The van der Waals surface area contributed by atoms with Gasteiger partial charge < -0.3 is 5.32 Å². The fraction of sp³-hybridized carbons (Fsp3) is 0.133. The van der Waals surface area contributed by atoms with Crippen molar-refractivity contribution in [2.24, 2.45) is 0 Å². The van der Waals surface area contributed by atoms with E-state index in [1.54, 1.807) is 30.3 Å². The second-order valence-electron chi connectivity index (χ2n) is 4.24. The first-order valence-corrected chi connectivity index (χ1v) is 5.96. The zero-order chi connectivity index (χ0) is 14.6. The van der Waals surface area contributed by atoms with Gasteiger partial charge in [0.05, 0.1) is 5.56 Å². The van der Waals surface area contributed by atoms with E-state index in [4.69, 9.17) is 0 Å². The molecule has 2 rings (SSSR count). The van der Waals surface area contributed by atoms with Crippen LogP contribution in [0.4, 0.5) is 13.2 Å². The summed E-state index contributed by atoms with van der Waals surface area (Å²) in [5.74, 6) is -0.259. The Kier molecular flexibility index (Phi) is 4.08. The zero-order valence-corrected chi connectivity index (χ0v) is 10.4. The lowest BCUT2D eigenvalue weighted by atomic mass is 10.1. The fourth-order valence-electron chi connectivity index (χ4n) is 1.69. The fourth-order valence-corrected chi connectivity index (χ4v) is 1.69. The van der Waals surface area contributed by atoms with E-state index in [9.17, 15) is 18.0 Å². The molecule has 0 aliphatic heterocycles. The smallest absolute Gasteiger partial charge is 0.348 e. The van der Waals surface area contributed by atoms with E-state index >= 15 is 0 Å². The van der Waals surface area contributed by atoms with E-state index in [0.717, 1.165) is 12.1 Å². The van der Waals surface area contributed by atoms with Crippen LogP contribution in [0.5, 0.6) is 0 Å². The Morgan fingerprint density at radius 2 is 1.55 bits per heavy atom. The van der Waals surface area contributed by atoms with E-state index in [0.29, 0.717) is 11.1 Å². The minimum atomic E-state index is -4.34. The summed E-state index contributed by atoms with van der Waals surface area (Å²) >= 11 is 0. The summed E-state index contributed by atoms with van der Waals surface area (Å²) in [7, 11) is 0. The molecule has 0 aromatic heterocycles. The molecule has 2 aromatic rings. The number of benzene rings is 2. The van der Waals surface area contributed by atoms with Gasteiger partial charge in [0.2, 0.25) is 0 Å². The number of rotatable bonds is 3. The minimum absolute atomic E-state index is 0.186. The lowest BCUT2D eigenvalue weighted by Gasteiger charge is -2.08. The van der Waals surface area contributed by atoms with Gasteiger partial charge in [0, 0.05) is 12.1 Å². The maximum atomic E-state index is 12.4. The van der Waals surface area contributed by atoms with Gasteiger partial charge >= 0.3 is 6.18 Å². The number of hydrogen-bond acceptors (Lipinski definition) is 1.